The van der Waals surface area contributed by atoms with Crippen LogP contribution in [-0.4, -0.2) is 50.6 Å². The van der Waals surface area contributed by atoms with Crippen LogP contribution in [0.25, 0.3) is 0 Å². The maximum atomic E-state index is 12.3. The smallest absolute Gasteiger partial charge is 0.258 e. The van der Waals surface area contributed by atoms with Crippen molar-refractivity contribution in [1.29, 1.82) is 0 Å². The molecule has 6 nitrogen and oxygen atoms in total. The summed E-state index contributed by atoms with van der Waals surface area (Å²) >= 11 is 0. The monoisotopic (exact) mass is 264 g/mol. The normalized spacial score (nSPS) is 14.8. The Labute approximate surface area is 111 Å². The molecule has 2 rings (SSSR count). The van der Waals surface area contributed by atoms with Crippen LogP contribution in [0.5, 0.6) is 11.5 Å². The number of carbonyl (C=O) groups is 2. The number of nitrogens with zero attached hydrogens (tertiary/aromatic N) is 1. The third-order valence-corrected chi connectivity index (χ3v) is 2.96. The Hall–Kier alpha value is -2.24. The lowest BCUT2D eigenvalue weighted by atomic mass is 10.1. The summed E-state index contributed by atoms with van der Waals surface area (Å²) in [5.74, 6) is 0.696. The molecule has 0 aliphatic carbocycles. The van der Waals surface area contributed by atoms with Crippen LogP contribution in [0.15, 0.2) is 18.2 Å². The van der Waals surface area contributed by atoms with Gasteiger partial charge in [0.2, 0.25) is 5.91 Å². The van der Waals surface area contributed by atoms with E-state index in [0.29, 0.717) is 30.2 Å². The zero-order valence-corrected chi connectivity index (χ0v) is 10.9. The van der Waals surface area contributed by atoms with Crippen LogP contribution in [0.3, 0.4) is 0 Å². The zero-order valence-electron chi connectivity index (χ0n) is 10.9. The molecule has 19 heavy (non-hydrogen) atoms. The van der Waals surface area contributed by atoms with Crippen molar-refractivity contribution in [3.63, 3.8) is 0 Å². The van der Waals surface area contributed by atoms with E-state index in [1.807, 2.05) is 0 Å². The first kappa shape index (κ1) is 13.2. The highest BCUT2D eigenvalue weighted by molar-refractivity contribution is 5.99. The zero-order chi connectivity index (χ0) is 13.8. The lowest BCUT2D eigenvalue weighted by molar-refractivity contribution is -0.123. The standard InChI is InChI=1S/C13H16N2O4/c1-18-9-3-4-10(11(7-9)19-2)13(17)15-6-5-14-12(16)8-15/h3-4,7H,5-6,8H2,1-2H3,(H,14,16). The second-order valence-corrected chi connectivity index (χ2v) is 4.14. The fourth-order valence-corrected chi connectivity index (χ4v) is 1.96. The molecule has 0 unspecified atom stereocenters. The van der Waals surface area contributed by atoms with Gasteiger partial charge in [0.15, 0.2) is 0 Å². The predicted molar refractivity (Wildman–Crippen MR) is 68.5 cm³/mol. The molecule has 6 heteroatoms. The number of amides is 2. The van der Waals surface area contributed by atoms with Gasteiger partial charge in [0.25, 0.3) is 5.91 Å². The van der Waals surface area contributed by atoms with Gasteiger partial charge in [0.1, 0.15) is 11.5 Å². The quantitative estimate of drug-likeness (QED) is 0.851. The van der Waals surface area contributed by atoms with Crippen molar-refractivity contribution in [2.24, 2.45) is 0 Å². The minimum absolute atomic E-state index is 0.0774. The molecular weight excluding hydrogens is 248 g/mol. The van der Waals surface area contributed by atoms with Crippen LogP contribution in [0.4, 0.5) is 0 Å². The number of piperazine rings is 1. The minimum Gasteiger partial charge on any atom is -0.497 e. The lowest BCUT2D eigenvalue weighted by Crippen LogP contribution is -2.50. The van der Waals surface area contributed by atoms with Crippen molar-refractivity contribution in [2.75, 3.05) is 33.9 Å². The molecule has 1 aromatic rings. The fourth-order valence-electron chi connectivity index (χ4n) is 1.96. The van der Waals surface area contributed by atoms with E-state index in [2.05, 4.69) is 5.32 Å². The molecule has 1 fully saturated rings. The first-order chi connectivity index (χ1) is 9.15. The lowest BCUT2D eigenvalue weighted by Gasteiger charge is -2.27. The van der Waals surface area contributed by atoms with Gasteiger partial charge in [-0.1, -0.05) is 0 Å². The summed E-state index contributed by atoms with van der Waals surface area (Å²) in [6, 6.07) is 4.99. The van der Waals surface area contributed by atoms with Gasteiger partial charge >= 0.3 is 0 Å². The van der Waals surface area contributed by atoms with Gasteiger partial charge in [-0.05, 0) is 12.1 Å². The summed E-state index contributed by atoms with van der Waals surface area (Å²) in [5, 5.41) is 2.68. The van der Waals surface area contributed by atoms with Gasteiger partial charge in [-0.2, -0.15) is 0 Å². The van der Waals surface area contributed by atoms with E-state index in [-0.39, 0.29) is 18.4 Å². The Morgan fingerprint density at radius 2 is 2.11 bits per heavy atom. The van der Waals surface area contributed by atoms with Crippen LogP contribution in [-0.2, 0) is 4.79 Å². The van der Waals surface area contributed by atoms with Crippen LogP contribution >= 0.6 is 0 Å². The molecule has 0 spiro atoms. The topological polar surface area (TPSA) is 67.9 Å². The number of nitrogens with one attached hydrogen (secondary N) is 1. The van der Waals surface area contributed by atoms with Crippen LogP contribution < -0.4 is 14.8 Å². The number of ether oxygens (including phenoxy) is 2. The first-order valence-electron chi connectivity index (χ1n) is 5.93. The Bertz CT molecular complexity index is 501. The van der Waals surface area contributed by atoms with Crippen molar-refractivity contribution in [1.82, 2.24) is 10.2 Å². The second-order valence-electron chi connectivity index (χ2n) is 4.14. The number of hydrogen-bond donors (Lipinski definition) is 1. The van der Waals surface area contributed by atoms with Gasteiger partial charge < -0.3 is 19.7 Å². The molecule has 0 aromatic heterocycles. The summed E-state index contributed by atoms with van der Waals surface area (Å²) in [5.41, 5.74) is 0.429. The largest absolute Gasteiger partial charge is 0.497 e. The molecular formula is C13H16N2O4. The van der Waals surface area contributed by atoms with E-state index in [1.54, 1.807) is 25.3 Å². The minimum atomic E-state index is -0.214. The number of carbonyl (C=O) groups excluding carboxylic acids is 2. The van der Waals surface area contributed by atoms with Crippen LogP contribution in [0, 0.1) is 0 Å². The number of rotatable bonds is 3. The highest BCUT2D eigenvalue weighted by Gasteiger charge is 2.24. The molecule has 0 saturated carbocycles. The van der Waals surface area contributed by atoms with Crippen molar-refractivity contribution in [2.45, 2.75) is 0 Å². The third kappa shape index (κ3) is 2.78. The maximum absolute atomic E-state index is 12.3. The molecule has 102 valence electrons. The molecule has 0 radical (unpaired) electrons. The SMILES string of the molecule is COc1ccc(C(=O)N2CCNC(=O)C2)c(OC)c1. The van der Waals surface area contributed by atoms with Crippen LogP contribution in [0.2, 0.25) is 0 Å². The van der Waals surface area contributed by atoms with Crippen molar-refractivity contribution in [3.8, 4) is 11.5 Å². The number of benzene rings is 1. The molecule has 0 atom stereocenters. The molecule has 2 amide bonds. The van der Waals surface area contributed by atoms with Gasteiger partial charge in [-0.25, -0.2) is 0 Å². The molecule has 1 aliphatic heterocycles. The molecule has 1 heterocycles. The maximum Gasteiger partial charge on any atom is 0.258 e. The molecule has 1 aromatic carbocycles. The Morgan fingerprint density at radius 3 is 2.74 bits per heavy atom. The third-order valence-electron chi connectivity index (χ3n) is 2.96. The predicted octanol–water partition coefficient (Wildman–Crippen LogP) is 0.276. The summed E-state index contributed by atoms with van der Waals surface area (Å²) in [6.45, 7) is 1.05. The second kappa shape index (κ2) is 5.60. The number of methoxy groups -OCH3 is 2. The molecule has 1 N–H and O–H groups in total. The van der Waals surface area contributed by atoms with Gasteiger partial charge in [-0.15, -0.1) is 0 Å². The van der Waals surface area contributed by atoms with Crippen molar-refractivity contribution in [3.05, 3.63) is 23.8 Å². The van der Waals surface area contributed by atoms with Gasteiger partial charge in [0.05, 0.1) is 26.3 Å². The van der Waals surface area contributed by atoms with Crippen molar-refractivity contribution < 1.29 is 19.1 Å². The van der Waals surface area contributed by atoms with E-state index in [4.69, 9.17) is 9.47 Å². The average molecular weight is 264 g/mol. The summed E-state index contributed by atoms with van der Waals surface area (Å²) in [7, 11) is 3.04. The first-order valence-corrected chi connectivity index (χ1v) is 5.93. The van der Waals surface area contributed by atoms with Gasteiger partial charge in [-0.3, -0.25) is 9.59 Å². The number of hydrogen-bond acceptors (Lipinski definition) is 4. The van der Waals surface area contributed by atoms with E-state index >= 15 is 0 Å². The molecule has 0 bridgehead atoms. The highest BCUT2D eigenvalue weighted by atomic mass is 16.5. The average Bonchev–Trinajstić information content (AvgIpc) is 2.45. The Morgan fingerprint density at radius 1 is 1.32 bits per heavy atom. The van der Waals surface area contributed by atoms with Gasteiger partial charge in [0, 0.05) is 19.2 Å². The fraction of sp³-hybridized carbons (Fsp3) is 0.385. The summed E-state index contributed by atoms with van der Waals surface area (Å²) in [4.78, 5) is 25.2. The molecule has 1 saturated heterocycles. The summed E-state index contributed by atoms with van der Waals surface area (Å²) in [6.07, 6.45) is 0. The van der Waals surface area contributed by atoms with E-state index in [9.17, 15) is 9.59 Å². The highest BCUT2D eigenvalue weighted by Crippen LogP contribution is 2.25. The Balaban J connectivity index is 2.25. The van der Waals surface area contributed by atoms with E-state index in [1.165, 1.54) is 12.0 Å². The van der Waals surface area contributed by atoms with E-state index in [0.717, 1.165) is 0 Å². The van der Waals surface area contributed by atoms with Crippen molar-refractivity contribution >= 4 is 11.8 Å². The van der Waals surface area contributed by atoms with Crippen LogP contribution in [0.1, 0.15) is 10.4 Å². The Kier molecular flexibility index (Phi) is 3.89. The van der Waals surface area contributed by atoms with E-state index < -0.39 is 0 Å². The molecule has 1 aliphatic rings. The summed E-state index contributed by atoms with van der Waals surface area (Å²) < 4.78 is 10.3.